The lowest BCUT2D eigenvalue weighted by Gasteiger charge is -2.33. The van der Waals surface area contributed by atoms with Gasteiger partial charge >= 0.3 is 6.03 Å². The van der Waals surface area contributed by atoms with E-state index in [1.807, 2.05) is 44.1 Å². The molecule has 1 aliphatic carbocycles. The van der Waals surface area contributed by atoms with Gasteiger partial charge in [0.2, 0.25) is 5.91 Å². The summed E-state index contributed by atoms with van der Waals surface area (Å²) in [7, 11) is 3.91. The summed E-state index contributed by atoms with van der Waals surface area (Å²) in [6.45, 7) is 6.49. The molecule has 0 unspecified atom stereocenters. The molecule has 6 nitrogen and oxygen atoms in total. The molecule has 7 heteroatoms. The molecule has 0 spiro atoms. The summed E-state index contributed by atoms with van der Waals surface area (Å²) < 4.78 is 13.6. The third-order valence-electron chi connectivity index (χ3n) is 6.44. The van der Waals surface area contributed by atoms with E-state index in [-0.39, 0.29) is 29.8 Å². The van der Waals surface area contributed by atoms with Crippen molar-refractivity contribution < 1.29 is 14.0 Å². The first-order chi connectivity index (χ1) is 15.7. The Kier molecular flexibility index (Phi) is 7.95. The van der Waals surface area contributed by atoms with Crippen LogP contribution in [0.2, 0.25) is 0 Å². The molecule has 0 radical (unpaired) electrons. The van der Waals surface area contributed by atoms with Crippen molar-refractivity contribution in [1.82, 2.24) is 4.90 Å². The number of hydrogen-bond donors (Lipinski definition) is 2. The van der Waals surface area contributed by atoms with Crippen LogP contribution in [0.1, 0.15) is 45.6 Å². The molecule has 0 aromatic heterocycles. The molecule has 3 rings (SSSR count). The zero-order valence-corrected chi connectivity index (χ0v) is 20.2. The number of nitrogens with zero attached hydrogens (tertiary/aromatic N) is 2. The maximum atomic E-state index is 13.6. The molecule has 1 aliphatic rings. The molecule has 1 atom stereocenters. The van der Waals surface area contributed by atoms with Gasteiger partial charge in [-0.05, 0) is 67.6 Å². The van der Waals surface area contributed by atoms with E-state index in [9.17, 15) is 14.0 Å². The van der Waals surface area contributed by atoms with Gasteiger partial charge in [0.1, 0.15) is 5.82 Å². The molecule has 2 N–H and O–H groups in total. The Hall–Kier alpha value is -3.09. The van der Waals surface area contributed by atoms with Gasteiger partial charge < -0.3 is 20.4 Å². The number of carbonyl (C=O) groups excluding carboxylic acids is 2. The van der Waals surface area contributed by atoms with Crippen molar-refractivity contribution >= 4 is 29.0 Å². The molecule has 3 amide bonds. The standard InChI is InChI=1S/C26H35FN4O2/c1-17(2)18(3)31(26(33)29-22-11-7-10-21(27)15-22)16-20-14-23(12-13-24(20)30(4)5)28-25(32)19-8-6-9-19/h7,10-15,17-19H,6,8-9,16H2,1-5H3,(H,28,32)(H,29,33)/t18-/m1/s1. The van der Waals surface area contributed by atoms with Gasteiger partial charge in [-0.3, -0.25) is 4.79 Å². The second-order valence-corrected chi connectivity index (χ2v) is 9.41. The Morgan fingerprint density at radius 1 is 1.03 bits per heavy atom. The number of carbonyl (C=O) groups is 2. The van der Waals surface area contributed by atoms with Crippen molar-refractivity contribution in [1.29, 1.82) is 0 Å². The van der Waals surface area contributed by atoms with E-state index in [1.54, 1.807) is 17.0 Å². The van der Waals surface area contributed by atoms with E-state index in [4.69, 9.17) is 0 Å². The van der Waals surface area contributed by atoms with E-state index in [0.717, 1.165) is 36.2 Å². The zero-order chi connectivity index (χ0) is 24.1. The molecule has 1 fully saturated rings. The average molecular weight is 455 g/mol. The predicted octanol–water partition coefficient (Wildman–Crippen LogP) is 5.71. The molecule has 2 aromatic rings. The molecule has 1 saturated carbocycles. The van der Waals surface area contributed by atoms with Crippen LogP contribution < -0.4 is 15.5 Å². The SMILES string of the molecule is CC(C)[C@@H](C)N(Cc1cc(NC(=O)C2CCC2)ccc1N(C)C)C(=O)Nc1cccc(F)c1. The maximum absolute atomic E-state index is 13.6. The lowest BCUT2D eigenvalue weighted by molar-refractivity contribution is -0.122. The number of urea groups is 1. The van der Waals surface area contributed by atoms with Gasteiger partial charge in [0.25, 0.3) is 0 Å². The lowest BCUT2D eigenvalue weighted by atomic mass is 9.85. The molecule has 0 saturated heterocycles. The van der Waals surface area contributed by atoms with Gasteiger partial charge in [-0.25, -0.2) is 9.18 Å². The minimum absolute atomic E-state index is 0.0565. The van der Waals surface area contributed by atoms with Gasteiger partial charge in [-0.1, -0.05) is 26.3 Å². The second-order valence-electron chi connectivity index (χ2n) is 9.41. The number of halogens is 1. The van der Waals surface area contributed by atoms with Crippen LogP contribution in [-0.2, 0) is 11.3 Å². The zero-order valence-electron chi connectivity index (χ0n) is 20.2. The monoisotopic (exact) mass is 454 g/mol. The van der Waals surface area contributed by atoms with Gasteiger partial charge in [-0.15, -0.1) is 0 Å². The van der Waals surface area contributed by atoms with Crippen molar-refractivity contribution in [3.8, 4) is 0 Å². The lowest BCUT2D eigenvalue weighted by Crippen LogP contribution is -2.43. The summed E-state index contributed by atoms with van der Waals surface area (Å²) in [5.74, 6) is -0.0360. The summed E-state index contributed by atoms with van der Waals surface area (Å²) >= 11 is 0. The van der Waals surface area contributed by atoms with E-state index in [1.165, 1.54) is 12.1 Å². The van der Waals surface area contributed by atoms with Crippen molar-refractivity contribution in [2.24, 2.45) is 11.8 Å². The van der Waals surface area contributed by atoms with E-state index >= 15 is 0 Å². The Labute approximate surface area is 196 Å². The van der Waals surface area contributed by atoms with Crippen LogP contribution in [0, 0.1) is 17.7 Å². The van der Waals surface area contributed by atoms with Gasteiger partial charge in [0, 0.05) is 49.7 Å². The van der Waals surface area contributed by atoms with E-state index in [0.29, 0.717) is 12.2 Å². The normalized spacial score (nSPS) is 14.4. The molecule has 178 valence electrons. The molecule has 0 bridgehead atoms. The highest BCUT2D eigenvalue weighted by Crippen LogP contribution is 2.30. The van der Waals surface area contributed by atoms with E-state index < -0.39 is 5.82 Å². The van der Waals surface area contributed by atoms with Crippen LogP contribution in [0.4, 0.5) is 26.2 Å². The third-order valence-corrected chi connectivity index (χ3v) is 6.44. The second kappa shape index (κ2) is 10.7. The fourth-order valence-corrected chi connectivity index (χ4v) is 3.85. The number of hydrogen-bond acceptors (Lipinski definition) is 3. The fourth-order valence-electron chi connectivity index (χ4n) is 3.85. The molecule has 0 heterocycles. The highest BCUT2D eigenvalue weighted by atomic mass is 19.1. The van der Waals surface area contributed by atoms with Crippen LogP contribution in [0.15, 0.2) is 42.5 Å². The maximum Gasteiger partial charge on any atom is 0.322 e. The predicted molar refractivity (Wildman–Crippen MR) is 132 cm³/mol. The summed E-state index contributed by atoms with van der Waals surface area (Å²) in [6.07, 6.45) is 2.98. The van der Waals surface area contributed by atoms with E-state index in [2.05, 4.69) is 24.5 Å². The van der Waals surface area contributed by atoms with Crippen molar-refractivity contribution in [2.75, 3.05) is 29.6 Å². The van der Waals surface area contributed by atoms with Crippen LogP contribution in [-0.4, -0.2) is 37.0 Å². The topological polar surface area (TPSA) is 64.7 Å². The number of rotatable bonds is 8. The summed E-state index contributed by atoms with van der Waals surface area (Å²) in [5.41, 5.74) is 3.04. The Bertz CT molecular complexity index is 988. The first-order valence-electron chi connectivity index (χ1n) is 11.6. The molecule has 33 heavy (non-hydrogen) atoms. The molecular formula is C26H35FN4O2. The van der Waals surface area contributed by atoms with Gasteiger partial charge in [0.05, 0.1) is 0 Å². The third kappa shape index (κ3) is 6.24. The first kappa shape index (κ1) is 24.6. The van der Waals surface area contributed by atoms with Crippen molar-refractivity contribution in [3.05, 3.63) is 53.8 Å². The first-order valence-corrected chi connectivity index (χ1v) is 11.6. The Morgan fingerprint density at radius 3 is 2.30 bits per heavy atom. The molecular weight excluding hydrogens is 419 g/mol. The van der Waals surface area contributed by atoms with Gasteiger partial charge in [0.15, 0.2) is 0 Å². The highest BCUT2D eigenvalue weighted by Gasteiger charge is 2.27. The van der Waals surface area contributed by atoms with Crippen LogP contribution >= 0.6 is 0 Å². The van der Waals surface area contributed by atoms with Gasteiger partial charge in [-0.2, -0.15) is 0 Å². The van der Waals surface area contributed by atoms with Crippen LogP contribution in [0.25, 0.3) is 0 Å². The van der Waals surface area contributed by atoms with Crippen molar-refractivity contribution in [2.45, 2.75) is 52.6 Å². The number of anilines is 3. The largest absolute Gasteiger partial charge is 0.377 e. The fraction of sp³-hybridized carbons (Fsp3) is 0.462. The number of nitrogens with one attached hydrogen (secondary N) is 2. The average Bonchev–Trinajstić information content (AvgIpc) is 2.69. The Balaban J connectivity index is 1.87. The number of benzene rings is 2. The summed E-state index contributed by atoms with van der Waals surface area (Å²) in [6, 6.07) is 11.3. The molecule has 2 aromatic carbocycles. The summed E-state index contributed by atoms with van der Waals surface area (Å²) in [4.78, 5) is 29.5. The quantitative estimate of drug-likeness (QED) is 0.537. The van der Waals surface area contributed by atoms with Crippen molar-refractivity contribution in [3.63, 3.8) is 0 Å². The minimum atomic E-state index is -0.402. The number of amides is 3. The van der Waals surface area contributed by atoms with Crippen LogP contribution in [0.5, 0.6) is 0 Å². The minimum Gasteiger partial charge on any atom is -0.377 e. The Morgan fingerprint density at radius 2 is 1.73 bits per heavy atom. The smallest absolute Gasteiger partial charge is 0.322 e. The molecule has 0 aliphatic heterocycles. The summed E-state index contributed by atoms with van der Waals surface area (Å²) in [5, 5.41) is 5.86. The highest BCUT2D eigenvalue weighted by molar-refractivity contribution is 5.93. The van der Waals surface area contributed by atoms with Crippen LogP contribution in [0.3, 0.4) is 0 Å².